The Morgan fingerprint density at radius 3 is 2.24 bits per heavy atom. The van der Waals surface area contributed by atoms with E-state index in [1.165, 1.54) is 0 Å². The van der Waals surface area contributed by atoms with Gasteiger partial charge in [0.15, 0.2) is 0 Å². The maximum atomic E-state index is 12.7. The van der Waals surface area contributed by atoms with Crippen molar-refractivity contribution in [3.63, 3.8) is 0 Å². The molecule has 212 valence electrons. The number of benzene rings is 3. The van der Waals surface area contributed by atoms with E-state index in [4.69, 9.17) is 4.74 Å². The molecule has 2 amide bonds. The van der Waals surface area contributed by atoms with E-state index in [0.717, 1.165) is 67.5 Å². The second-order valence-electron chi connectivity index (χ2n) is 10.5. The van der Waals surface area contributed by atoms with E-state index in [1.54, 1.807) is 0 Å². The molecule has 0 radical (unpaired) electrons. The van der Waals surface area contributed by atoms with Gasteiger partial charge in [0.25, 0.3) is 11.8 Å². The largest absolute Gasteiger partial charge is 0.378 e. The zero-order chi connectivity index (χ0) is 28.6. The fraction of sp³-hybridized carbons (Fsp3) is 0.281. The molecular weight excluding hydrogens is 516 g/mol. The lowest BCUT2D eigenvalue weighted by molar-refractivity contribution is 0.101. The number of aryl methyl sites for hydroxylation is 2. The Labute approximate surface area is 240 Å². The fourth-order valence-corrected chi connectivity index (χ4v) is 4.80. The molecule has 1 fully saturated rings. The van der Waals surface area contributed by atoms with Crippen LogP contribution in [0.2, 0.25) is 0 Å². The van der Waals surface area contributed by atoms with Crippen molar-refractivity contribution < 1.29 is 14.3 Å². The Bertz CT molecular complexity index is 1460. The Morgan fingerprint density at radius 2 is 1.54 bits per heavy atom. The van der Waals surface area contributed by atoms with E-state index in [2.05, 4.69) is 30.6 Å². The molecule has 41 heavy (non-hydrogen) atoms. The summed E-state index contributed by atoms with van der Waals surface area (Å²) >= 11 is 0. The van der Waals surface area contributed by atoms with Crippen LogP contribution >= 0.6 is 0 Å². The number of carbonyl (C=O) groups excluding carboxylic acids is 2. The minimum absolute atomic E-state index is 0.137. The van der Waals surface area contributed by atoms with Gasteiger partial charge in [-0.25, -0.2) is 0 Å². The number of hydrogen-bond acceptors (Lipinski definition) is 6. The average Bonchev–Trinajstić information content (AvgIpc) is 3.44. The van der Waals surface area contributed by atoms with Gasteiger partial charge in [0.05, 0.1) is 18.9 Å². The number of rotatable bonds is 10. The summed E-state index contributed by atoms with van der Waals surface area (Å²) in [7, 11) is 4.04. The Hall–Kier alpha value is -4.47. The molecule has 1 aromatic heterocycles. The number of H-pyrrole nitrogens is 1. The summed E-state index contributed by atoms with van der Waals surface area (Å²) in [6, 6.07) is 25.0. The van der Waals surface area contributed by atoms with Crippen LogP contribution in [0.1, 0.15) is 37.5 Å². The third-order valence-corrected chi connectivity index (χ3v) is 6.95. The lowest BCUT2D eigenvalue weighted by Crippen LogP contribution is -2.36. The maximum Gasteiger partial charge on any atom is 0.256 e. The van der Waals surface area contributed by atoms with Crippen molar-refractivity contribution in [1.29, 1.82) is 0 Å². The monoisotopic (exact) mass is 552 g/mol. The lowest BCUT2D eigenvalue weighted by Gasteiger charge is -2.28. The van der Waals surface area contributed by atoms with Gasteiger partial charge in [-0.2, -0.15) is 5.10 Å². The molecule has 0 bridgehead atoms. The fourth-order valence-electron chi connectivity index (χ4n) is 4.80. The predicted octanol–water partition coefficient (Wildman–Crippen LogP) is 4.60. The van der Waals surface area contributed by atoms with Crippen LogP contribution in [-0.4, -0.2) is 67.3 Å². The van der Waals surface area contributed by atoms with Crippen molar-refractivity contribution in [2.45, 2.75) is 19.4 Å². The molecule has 5 rings (SSSR count). The molecule has 9 nitrogen and oxygen atoms in total. The van der Waals surface area contributed by atoms with Crippen LogP contribution < -0.4 is 15.5 Å². The summed E-state index contributed by atoms with van der Waals surface area (Å²) in [6.07, 6.45) is 1.43. The molecule has 0 atom stereocenters. The van der Waals surface area contributed by atoms with Gasteiger partial charge in [0.1, 0.15) is 5.82 Å². The van der Waals surface area contributed by atoms with Gasteiger partial charge in [-0.15, -0.1) is 0 Å². The van der Waals surface area contributed by atoms with Crippen LogP contribution in [0.5, 0.6) is 0 Å². The second-order valence-corrected chi connectivity index (χ2v) is 10.5. The number of nitrogens with one attached hydrogen (secondary N) is 3. The molecule has 3 aromatic carbocycles. The summed E-state index contributed by atoms with van der Waals surface area (Å²) in [5.74, 6) is 0.228. The molecule has 1 saturated heterocycles. The zero-order valence-electron chi connectivity index (χ0n) is 23.5. The predicted molar refractivity (Wildman–Crippen MR) is 162 cm³/mol. The minimum Gasteiger partial charge on any atom is -0.378 e. The third-order valence-electron chi connectivity index (χ3n) is 6.95. The first-order valence-corrected chi connectivity index (χ1v) is 13.9. The first-order valence-electron chi connectivity index (χ1n) is 13.9. The summed E-state index contributed by atoms with van der Waals surface area (Å²) in [5, 5.41) is 13.2. The topological polar surface area (TPSA) is 103 Å². The van der Waals surface area contributed by atoms with Gasteiger partial charge in [-0.3, -0.25) is 14.7 Å². The molecule has 2 heterocycles. The summed E-state index contributed by atoms with van der Waals surface area (Å²) in [4.78, 5) is 29.8. The molecule has 3 N–H and O–H groups in total. The Morgan fingerprint density at radius 1 is 0.854 bits per heavy atom. The first-order chi connectivity index (χ1) is 19.9. The number of hydrogen-bond donors (Lipinski definition) is 3. The van der Waals surface area contributed by atoms with Crippen molar-refractivity contribution in [3.8, 4) is 0 Å². The molecule has 0 saturated carbocycles. The number of aromatic amines is 1. The van der Waals surface area contributed by atoms with E-state index in [-0.39, 0.29) is 11.8 Å². The minimum atomic E-state index is -0.190. The molecule has 0 aliphatic carbocycles. The Kier molecular flexibility index (Phi) is 9.08. The smallest absolute Gasteiger partial charge is 0.256 e. The van der Waals surface area contributed by atoms with Crippen molar-refractivity contribution in [3.05, 3.63) is 107 Å². The first kappa shape index (κ1) is 28.1. The highest BCUT2D eigenvalue weighted by Crippen LogP contribution is 2.19. The van der Waals surface area contributed by atoms with Crippen molar-refractivity contribution >= 4 is 29.0 Å². The summed E-state index contributed by atoms with van der Waals surface area (Å²) in [6.45, 7) is 3.98. The zero-order valence-corrected chi connectivity index (χ0v) is 23.5. The standard InChI is InChI=1S/C32H36N6O3/c1-37(2)22-24-6-9-25(10-7-24)31(39)33-27-5-3-4-23(20-27)8-13-28-21-30(36-35-28)34-32(40)26-11-14-29(15-12-26)38-16-18-41-19-17-38/h3-7,9-12,14-15,20-21H,8,13,16-19,22H2,1-2H3,(H,33,39)(H2,34,35,36,40). The highest BCUT2D eigenvalue weighted by molar-refractivity contribution is 6.04. The molecule has 9 heteroatoms. The summed E-state index contributed by atoms with van der Waals surface area (Å²) in [5.41, 5.74) is 6.13. The number of carbonyl (C=O) groups is 2. The number of nitrogens with zero attached hydrogens (tertiary/aromatic N) is 3. The highest BCUT2D eigenvalue weighted by atomic mass is 16.5. The van der Waals surface area contributed by atoms with E-state index < -0.39 is 0 Å². The lowest BCUT2D eigenvalue weighted by atomic mass is 10.1. The quantitative estimate of drug-likeness (QED) is 0.266. The molecule has 1 aliphatic heterocycles. The van der Waals surface area contributed by atoms with Gasteiger partial charge >= 0.3 is 0 Å². The van der Waals surface area contributed by atoms with Crippen molar-refractivity contribution in [2.75, 3.05) is 55.9 Å². The highest BCUT2D eigenvalue weighted by Gasteiger charge is 2.13. The van der Waals surface area contributed by atoms with Gasteiger partial charge < -0.3 is 25.2 Å². The van der Waals surface area contributed by atoms with E-state index in [0.29, 0.717) is 23.4 Å². The van der Waals surface area contributed by atoms with E-state index in [1.807, 2.05) is 93.0 Å². The number of ether oxygens (including phenoxy) is 1. The second kappa shape index (κ2) is 13.3. The third kappa shape index (κ3) is 7.81. The van der Waals surface area contributed by atoms with Crippen LogP contribution in [0.25, 0.3) is 0 Å². The van der Waals surface area contributed by atoms with Crippen LogP contribution in [0, 0.1) is 0 Å². The molecular formula is C32H36N6O3. The SMILES string of the molecule is CN(C)Cc1ccc(C(=O)Nc2cccc(CCc3cc(NC(=O)c4ccc(N5CCOCC5)cc4)[nH]n3)c2)cc1. The van der Waals surface area contributed by atoms with Gasteiger partial charge in [0, 0.05) is 48.2 Å². The molecule has 1 aliphatic rings. The van der Waals surface area contributed by atoms with Crippen LogP contribution in [0.3, 0.4) is 0 Å². The van der Waals surface area contributed by atoms with Gasteiger partial charge in [-0.1, -0.05) is 24.3 Å². The van der Waals surface area contributed by atoms with Crippen LogP contribution in [0.15, 0.2) is 78.9 Å². The maximum absolute atomic E-state index is 12.7. The van der Waals surface area contributed by atoms with Crippen LogP contribution in [-0.2, 0) is 24.1 Å². The van der Waals surface area contributed by atoms with E-state index >= 15 is 0 Å². The normalized spacial score (nSPS) is 13.3. The van der Waals surface area contributed by atoms with Gasteiger partial charge in [-0.05, 0) is 86.6 Å². The number of anilines is 3. The molecule has 0 unspecified atom stereocenters. The van der Waals surface area contributed by atoms with Crippen LogP contribution in [0.4, 0.5) is 17.2 Å². The van der Waals surface area contributed by atoms with Crippen molar-refractivity contribution in [1.82, 2.24) is 15.1 Å². The van der Waals surface area contributed by atoms with E-state index in [9.17, 15) is 9.59 Å². The number of aromatic nitrogens is 2. The Balaban J connectivity index is 1.11. The molecule has 0 spiro atoms. The summed E-state index contributed by atoms with van der Waals surface area (Å²) < 4.78 is 5.41. The number of amides is 2. The average molecular weight is 553 g/mol. The number of morpholine rings is 1. The van der Waals surface area contributed by atoms with Crippen molar-refractivity contribution in [2.24, 2.45) is 0 Å². The van der Waals surface area contributed by atoms with Gasteiger partial charge in [0.2, 0.25) is 0 Å². The molecule has 4 aromatic rings.